The van der Waals surface area contributed by atoms with Crippen molar-refractivity contribution in [2.24, 2.45) is 17.8 Å². The molecule has 1 saturated heterocycles. The number of carbonyl (C=O) groups is 2. The Morgan fingerprint density at radius 1 is 0.970 bits per heavy atom. The van der Waals surface area contributed by atoms with Crippen LogP contribution in [0.1, 0.15) is 57.1 Å². The van der Waals surface area contributed by atoms with Crippen LogP contribution >= 0.6 is 0 Å². The molecule has 7 nitrogen and oxygen atoms in total. The van der Waals surface area contributed by atoms with Crippen molar-refractivity contribution >= 4 is 11.9 Å². The van der Waals surface area contributed by atoms with E-state index in [1.807, 2.05) is 37.3 Å². The summed E-state index contributed by atoms with van der Waals surface area (Å²) in [6.45, 7) is 4.67. The minimum absolute atomic E-state index is 0.0995. The smallest absolute Gasteiger partial charge is 0.321 e. The Balaban J connectivity index is 1.12. The Labute approximate surface area is 196 Å². The first-order valence-corrected chi connectivity index (χ1v) is 12.5. The van der Waals surface area contributed by atoms with Crippen LogP contribution in [0.4, 0.5) is 4.79 Å². The third-order valence-electron chi connectivity index (χ3n) is 8.53. The van der Waals surface area contributed by atoms with Crippen LogP contribution in [0.15, 0.2) is 30.3 Å². The van der Waals surface area contributed by atoms with Crippen LogP contribution < -0.4 is 10.6 Å². The van der Waals surface area contributed by atoms with Gasteiger partial charge in [-0.2, -0.15) is 5.26 Å². The molecule has 1 aromatic carbocycles. The molecule has 4 aliphatic carbocycles. The lowest BCUT2D eigenvalue weighted by atomic mass is 9.53. The standard InChI is InChI=1S/C26H35N5O2/c1-18(30-7-9-31(10-8-30)23(17-27)22-5-3-2-4-6-22)24(32)28-25(33)29-26-14-19-11-20(15-26)13-21(12-19)16-26/h2-6,18-21,23H,7-16H2,1H3,(H2,28,29,32,33). The summed E-state index contributed by atoms with van der Waals surface area (Å²) < 4.78 is 0. The number of nitrogens with zero attached hydrogens (tertiary/aromatic N) is 3. The number of nitriles is 1. The van der Waals surface area contributed by atoms with E-state index in [2.05, 4.69) is 26.5 Å². The van der Waals surface area contributed by atoms with E-state index in [4.69, 9.17) is 0 Å². The molecular formula is C26H35N5O2. The molecule has 1 aromatic rings. The normalized spacial score (nSPS) is 33.2. The molecule has 0 aromatic heterocycles. The van der Waals surface area contributed by atoms with Gasteiger partial charge in [0.1, 0.15) is 6.04 Å². The van der Waals surface area contributed by atoms with Crippen molar-refractivity contribution in [3.63, 3.8) is 0 Å². The van der Waals surface area contributed by atoms with Gasteiger partial charge in [0.2, 0.25) is 5.91 Å². The maximum Gasteiger partial charge on any atom is 0.321 e. The average Bonchev–Trinajstić information content (AvgIpc) is 2.79. The minimum Gasteiger partial charge on any atom is -0.332 e. The van der Waals surface area contributed by atoms with Gasteiger partial charge < -0.3 is 5.32 Å². The van der Waals surface area contributed by atoms with Gasteiger partial charge in [0.05, 0.1) is 12.1 Å². The quantitative estimate of drug-likeness (QED) is 0.721. The molecule has 1 heterocycles. The number of amides is 3. The maximum absolute atomic E-state index is 12.9. The number of nitrogens with one attached hydrogen (secondary N) is 2. The summed E-state index contributed by atoms with van der Waals surface area (Å²) in [6.07, 6.45) is 7.17. The number of imide groups is 1. The van der Waals surface area contributed by atoms with Gasteiger partial charge in [0.25, 0.3) is 0 Å². The first-order chi connectivity index (χ1) is 15.9. The lowest BCUT2D eigenvalue weighted by Crippen LogP contribution is -2.63. The van der Waals surface area contributed by atoms with Crippen molar-refractivity contribution in [3.05, 3.63) is 35.9 Å². The number of hydrogen-bond donors (Lipinski definition) is 2. The fraction of sp³-hybridized carbons (Fsp3) is 0.654. The highest BCUT2D eigenvalue weighted by Gasteiger charge is 2.51. The van der Waals surface area contributed by atoms with E-state index in [0.29, 0.717) is 26.2 Å². The van der Waals surface area contributed by atoms with Gasteiger partial charge in [-0.1, -0.05) is 30.3 Å². The number of carbonyl (C=O) groups excluding carboxylic acids is 2. The molecule has 2 N–H and O–H groups in total. The van der Waals surface area contributed by atoms with Crippen LogP contribution in [0.5, 0.6) is 0 Å². The van der Waals surface area contributed by atoms with E-state index in [1.54, 1.807) is 0 Å². The molecule has 2 atom stereocenters. The summed E-state index contributed by atoms with van der Waals surface area (Å²) in [5.41, 5.74) is 0.901. The molecular weight excluding hydrogens is 414 g/mol. The Hall–Kier alpha value is -2.43. The molecule has 2 unspecified atom stereocenters. The van der Waals surface area contributed by atoms with E-state index in [1.165, 1.54) is 19.3 Å². The van der Waals surface area contributed by atoms with Crippen molar-refractivity contribution < 1.29 is 9.59 Å². The lowest BCUT2D eigenvalue weighted by Gasteiger charge is -2.56. The Morgan fingerprint density at radius 3 is 2.06 bits per heavy atom. The second-order valence-corrected chi connectivity index (χ2v) is 10.8. The third-order valence-corrected chi connectivity index (χ3v) is 8.53. The second kappa shape index (κ2) is 9.08. The monoisotopic (exact) mass is 449 g/mol. The van der Waals surface area contributed by atoms with Crippen LogP contribution in [0.3, 0.4) is 0 Å². The van der Waals surface area contributed by atoms with Gasteiger partial charge in [0, 0.05) is 31.7 Å². The molecule has 0 radical (unpaired) electrons. The zero-order valence-corrected chi connectivity index (χ0v) is 19.5. The number of hydrogen-bond acceptors (Lipinski definition) is 5. The molecule has 33 heavy (non-hydrogen) atoms. The highest BCUT2D eigenvalue weighted by atomic mass is 16.2. The molecule has 4 bridgehead atoms. The topological polar surface area (TPSA) is 88.5 Å². The van der Waals surface area contributed by atoms with Gasteiger partial charge >= 0.3 is 6.03 Å². The summed E-state index contributed by atoms with van der Waals surface area (Å²) in [4.78, 5) is 29.9. The predicted molar refractivity (Wildman–Crippen MR) is 125 cm³/mol. The Morgan fingerprint density at radius 2 is 1.52 bits per heavy atom. The predicted octanol–water partition coefficient (Wildman–Crippen LogP) is 3.05. The fourth-order valence-corrected chi connectivity index (χ4v) is 7.30. The zero-order valence-electron chi connectivity index (χ0n) is 19.5. The van der Waals surface area contributed by atoms with Crippen molar-refractivity contribution in [3.8, 4) is 6.07 Å². The second-order valence-electron chi connectivity index (χ2n) is 10.8. The van der Waals surface area contributed by atoms with E-state index >= 15 is 0 Å². The zero-order chi connectivity index (χ0) is 23.0. The summed E-state index contributed by atoms with van der Waals surface area (Å²) in [5.74, 6) is 1.99. The van der Waals surface area contributed by atoms with Crippen LogP contribution in [-0.4, -0.2) is 59.5 Å². The number of urea groups is 1. The molecule has 5 fully saturated rings. The average molecular weight is 450 g/mol. The minimum atomic E-state index is -0.383. The van der Waals surface area contributed by atoms with E-state index in [0.717, 1.165) is 42.6 Å². The van der Waals surface area contributed by atoms with Gasteiger partial charge in [-0.3, -0.25) is 19.9 Å². The van der Waals surface area contributed by atoms with Gasteiger partial charge in [-0.25, -0.2) is 4.79 Å². The van der Waals surface area contributed by atoms with Crippen molar-refractivity contribution in [1.82, 2.24) is 20.4 Å². The van der Waals surface area contributed by atoms with Gasteiger partial charge in [0.15, 0.2) is 0 Å². The molecule has 3 amide bonds. The van der Waals surface area contributed by atoms with Crippen molar-refractivity contribution in [2.45, 2.75) is 63.1 Å². The molecule has 176 valence electrons. The fourth-order valence-electron chi connectivity index (χ4n) is 7.30. The van der Waals surface area contributed by atoms with E-state index in [-0.39, 0.29) is 29.6 Å². The van der Waals surface area contributed by atoms with Gasteiger partial charge in [-0.15, -0.1) is 0 Å². The maximum atomic E-state index is 12.9. The van der Waals surface area contributed by atoms with Crippen LogP contribution in [0.2, 0.25) is 0 Å². The number of benzene rings is 1. The molecule has 4 saturated carbocycles. The SMILES string of the molecule is CC(C(=O)NC(=O)NC12CC3CC(CC(C3)C1)C2)N1CCN(C(C#N)c2ccccc2)CC1. The first-order valence-electron chi connectivity index (χ1n) is 12.5. The summed E-state index contributed by atoms with van der Waals surface area (Å²) >= 11 is 0. The molecule has 7 heteroatoms. The summed E-state index contributed by atoms with van der Waals surface area (Å²) in [7, 11) is 0. The lowest BCUT2D eigenvalue weighted by molar-refractivity contribution is -0.125. The molecule has 6 rings (SSSR count). The van der Waals surface area contributed by atoms with Crippen LogP contribution in [-0.2, 0) is 4.79 Å². The Bertz CT molecular complexity index is 883. The summed E-state index contributed by atoms with van der Waals surface area (Å²) in [6, 6.07) is 11.3. The van der Waals surface area contributed by atoms with E-state index in [9.17, 15) is 14.9 Å². The molecule has 5 aliphatic rings. The highest BCUT2D eigenvalue weighted by molar-refractivity contribution is 5.97. The molecule has 1 aliphatic heterocycles. The van der Waals surface area contributed by atoms with E-state index < -0.39 is 0 Å². The van der Waals surface area contributed by atoms with Crippen molar-refractivity contribution in [2.75, 3.05) is 26.2 Å². The first kappa shape index (κ1) is 22.4. The van der Waals surface area contributed by atoms with Crippen LogP contribution in [0.25, 0.3) is 0 Å². The third kappa shape index (κ3) is 4.64. The summed E-state index contributed by atoms with van der Waals surface area (Å²) in [5, 5.41) is 15.5. The van der Waals surface area contributed by atoms with Crippen molar-refractivity contribution in [1.29, 1.82) is 5.26 Å². The van der Waals surface area contributed by atoms with Gasteiger partial charge in [-0.05, 0) is 68.8 Å². The Kier molecular flexibility index (Phi) is 6.15. The highest BCUT2D eigenvalue weighted by Crippen LogP contribution is 2.55. The number of piperazine rings is 1. The molecule has 0 spiro atoms. The van der Waals surface area contributed by atoms with Crippen LogP contribution in [0, 0.1) is 29.1 Å². The largest absolute Gasteiger partial charge is 0.332 e. The number of rotatable bonds is 5.